The van der Waals surface area contributed by atoms with Crippen LogP contribution in [0.15, 0.2) is 36.4 Å². The zero-order valence-corrected chi connectivity index (χ0v) is 16.1. The van der Waals surface area contributed by atoms with Crippen LogP contribution in [0.25, 0.3) is 0 Å². The number of aryl methyl sites for hydroxylation is 1. The smallest absolute Gasteiger partial charge is 0.272 e. The normalized spacial score (nSPS) is 20.3. The molecule has 1 amide bonds. The summed E-state index contributed by atoms with van der Waals surface area (Å²) in [7, 11) is 0. The number of aromatic nitrogens is 2. The van der Waals surface area contributed by atoms with Crippen molar-refractivity contribution in [2.75, 3.05) is 26.3 Å². The molecule has 1 aliphatic rings. The maximum absolute atomic E-state index is 13.2. The minimum absolute atomic E-state index is 0.000385. The molecule has 1 saturated heterocycles. The van der Waals surface area contributed by atoms with Gasteiger partial charge in [-0.1, -0.05) is 37.3 Å². The van der Waals surface area contributed by atoms with Crippen LogP contribution in [0, 0.1) is 6.92 Å². The molecule has 5 heteroatoms. The summed E-state index contributed by atoms with van der Waals surface area (Å²) in [6.45, 7) is 9.55. The molecule has 26 heavy (non-hydrogen) atoms. The molecule has 0 radical (unpaired) electrons. The molecule has 0 bridgehead atoms. The van der Waals surface area contributed by atoms with Crippen molar-refractivity contribution in [1.82, 2.24) is 14.7 Å². The second-order valence-corrected chi connectivity index (χ2v) is 7.35. The lowest BCUT2D eigenvalue weighted by molar-refractivity contribution is 0.0633. The maximum Gasteiger partial charge on any atom is 0.272 e. The number of amides is 1. The molecule has 0 saturated carbocycles. The van der Waals surface area contributed by atoms with Crippen molar-refractivity contribution < 1.29 is 9.53 Å². The Bertz CT molecular complexity index is 741. The average molecular weight is 355 g/mol. The highest BCUT2D eigenvalue weighted by molar-refractivity contribution is 5.93. The maximum atomic E-state index is 13.2. The molecule has 140 valence electrons. The molecule has 1 aromatic carbocycles. The van der Waals surface area contributed by atoms with E-state index in [9.17, 15) is 4.79 Å². The van der Waals surface area contributed by atoms with Gasteiger partial charge in [0.05, 0.1) is 18.8 Å². The van der Waals surface area contributed by atoms with E-state index in [1.807, 2.05) is 30.9 Å². The molecule has 1 fully saturated rings. The van der Waals surface area contributed by atoms with Gasteiger partial charge in [0.1, 0.15) is 5.69 Å². The summed E-state index contributed by atoms with van der Waals surface area (Å²) in [6, 6.07) is 12.4. The van der Waals surface area contributed by atoms with Crippen LogP contribution in [0.4, 0.5) is 0 Å². The predicted octanol–water partition coefficient (Wildman–Crippen LogP) is 3.42. The predicted molar refractivity (Wildman–Crippen MR) is 102 cm³/mol. The Balaban J connectivity index is 1.78. The highest BCUT2D eigenvalue weighted by Crippen LogP contribution is 2.34. The van der Waals surface area contributed by atoms with Crippen LogP contribution in [0.1, 0.15) is 48.4 Å². The highest BCUT2D eigenvalue weighted by Gasteiger charge is 2.35. The third-order valence-corrected chi connectivity index (χ3v) is 5.23. The molecule has 2 aromatic rings. The lowest BCUT2D eigenvalue weighted by Gasteiger charge is -2.41. The number of ether oxygens (including phenoxy) is 1. The monoisotopic (exact) mass is 355 g/mol. The number of carbonyl (C=O) groups is 1. The molecule has 0 N–H and O–H groups in total. The van der Waals surface area contributed by atoms with Gasteiger partial charge in [0.2, 0.25) is 0 Å². The molecular weight excluding hydrogens is 326 g/mol. The number of likely N-dealkylation sites (tertiary alicyclic amines) is 1. The van der Waals surface area contributed by atoms with Gasteiger partial charge in [-0.3, -0.25) is 9.48 Å². The van der Waals surface area contributed by atoms with Crippen LogP contribution < -0.4 is 0 Å². The summed E-state index contributed by atoms with van der Waals surface area (Å²) in [4.78, 5) is 15.2. The second kappa shape index (κ2) is 8.04. The van der Waals surface area contributed by atoms with Crippen LogP contribution in [0.2, 0.25) is 0 Å². The van der Waals surface area contributed by atoms with Crippen molar-refractivity contribution >= 4 is 5.91 Å². The third kappa shape index (κ3) is 3.98. The first kappa shape index (κ1) is 18.6. The fourth-order valence-corrected chi connectivity index (χ4v) is 3.83. The van der Waals surface area contributed by atoms with Crippen molar-refractivity contribution in [3.05, 3.63) is 53.3 Å². The number of nitrogens with zero attached hydrogens (tertiary/aromatic N) is 3. The first-order valence-corrected chi connectivity index (χ1v) is 9.50. The third-order valence-electron chi connectivity index (χ3n) is 5.23. The van der Waals surface area contributed by atoms with Gasteiger partial charge in [-0.25, -0.2) is 0 Å². The van der Waals surface area contributed by atoms with E-state index < -0.39 is 0 Å². The van der Waals surface area contributed by atoms with Gasteiger partial charge in [-0.2, -0.15) is 5.10 Å². The summed E-state index contributed by atoms with van der Waals surface area (Å²) in [5.74, 6) is 0.0731. The minimum Gasteiger partial charge on any atom is -0.380 e. The van der Waals surface area contributed by atoms with E-state index >= 15 is 0 Å². The van der Waals surface area contributed by atoms with E-state index in [1.54, 1.807) is 4.68 Å². The lowest BCUT2D eigenvalue weighted by atomic mass is 9.76. The zero-order valence-electron chi connectivity index (χ0n) is 16.1. The topological polar surface area (TPSA) is 47.4 Å². The molecular formula is C21H29N3O2. The van der Waals surface area contributed by atoms with Crippen molar-refractivity contribution in [2.24, 2.45) is 0 Å². The number of rotatable bonds is 6. The standard InChI is InChI=1S/C21H29N3O2/c1-4-26-14-13-24-19(15-17(2)22-24)20(25)23-12-8-11-21(3,16-23)18-9-6-5-7-10-18/h5-7,9-10,15H,4,8,11-14,16H2,1-3H3/t21-/m1/s1. The van der Waals surface area contributed by atoms with E-state index in [1.165, 1.54) is 5.56 Å². The van der Waals surface area contributed by atoms with E-state index in [0.29, 0.717) is 25.5 Å². The van der Waals surface area contributed by atoms with Crippen LogP contribution in [0.5, 0.6) is 0 Å². The molecule has 1 aromatic heterocycles. The number of benzene rings is 1. The highest BCUT2D eigenvalue weighted by atomic mass is 16.5. The van der Waals surface area contributed by atoms with E-state index in [0.717, 1.165) is 31.6 Å². The number of hydrogen-bond acceptors (Lipinski definition) is 3. The molecule has 0 spiro atoms. The van der Waals surface area contributed by atoms with Gasteiger partial charge < -0.3 is 9.64 Å². The Morgan fingerprint density at radius 3 is 2.81 bits per heavy atom. The first-order valence-electron chi connectivity index (χ1n) is 9.50. The SMILES string of the molecule is CCOCCn1nc(C)cc1C(=O)N1CCC[C@@](C)(c2ccccc2)C1. The quantitative estimate of drug-likeness (QED) is 0.746. The minimum atomic E-state index is 0.000385. The summed E-state index contributed by atoms with van der Waals surface area (Å²) in [6.07, 6.45) is 2.12. The molecule has 1 aliphatic heterocycles. The molecule has 1 atom stereocenters. The van der Waals surface area contributed by atoms with Crippen molar-refractivity contribution in [3.63, 3.8) is 0 Å². The van der Waals surface area contributed by atoms with Crippen LogP contribution in [0.3, 0.4) is 0 Å². The van der Waals surface area contributed by atoms with Gasteiger partial charge in [-0.15, -0.1) is 0 Å². The number of hydrogen-bond donors (Lipinski definition) is 0. The summed E-state index contributed by atoms with van der Waals surface area (Å²) in [5.41, 5.74) is 2.84. The summed E-state index contributed by atoms with van der Waals surface area (Å²) in [5, 5.41) is 4.48. The van der Waals surface area contributed by atoms with E-state index in [-0.39, 0.29) is 11.3 Å². The largest absolute Gasteiger partial charge is 0.380 e. The molecule has 5 nitrogen and oxygen atoms in total. The lowest BCUT2D eigenvalue weighted by Crippen LogP contribution is -2.47. The Labute approximate surface area is 156 Å². The number of carbonyl (C=O) groups excluding carboxylic acids is 1. The van der Waals surface area contributed by atoms with Gasteiger partial charge in [0.25, 0.3) is 5.91 Å². The van der Waals surface area contributed by atoms with Gasteiger partial charge >= 0.3 is 0 Å². The Hall–Kier alpha value is -2.14. The fraction of sp³-hybridized carbons (Fsp3) is 0.524. The van der Waals surface area contributed by atoms with Crippen LogP contribution in [-0.4, -0.2) is 46.9 Å². The molecule has 0 aliphatic carbocycles. The molecule has 0 unspecified atom stereocenters. The summed E-state index contributed by atoms with van der Waals surface area (Å²) < 4.78 is 7.23. The second-order valence-electron chi connectivity index (χ2n) is 7.35. The fourth-order valence-electron chi connectivity index (χ4n) is 3.83. The Morgan fingerprint density at radius 1 is 1.31 bits per heavy atom. The van der Waals surface area contributed by atoms with Crippen molar-refractivity contribution in [3.8, 4) is 0 Å². The first-order chi connectivity index (χ1) is 12.5. The van der Waals surface area contributed by atoms with Gasteiger partial charge in [0.15, 0.2) is 0 Å². The van der Waals surface area contributed by atoms with Gasteiger partial charge in [0, 0.05) is 25.1 Å². The van der Waals surface area contributed by atoms with Gasteiger partial charge in [-0.05, 0) is 38.3 Å². The summed E-state index contributed by atoms with van der Waals surface area (Å²) >= 11 is 0. The van der Waals surface area contributed by atoms with Crippen LogP contribution >= 0.6 is 0 Å². The van der Waals surface area contributed by atoms with E-state index in [4.69, 9.17) is 4.74 Å². The molecule has 3 rings (SSSR count). The Morgan fingerprint density at radius 2 is 2.08 bits per heavy atom. The number of piperidine rings is 1. The van der Waals surface area contributed by atoms with E-state index in [2.05, 4.69) is 36.3 Å². The van der Waals surface area contributed by atoms with Crippen LogP contribution in [-0.2, 0) is 16.7 Å². The Kier molecular flexibility index (Phi) is 5.77. The molecule has 2 heterocycles. The average Bonchev–Trinajstić information content (AvgIpc) is 3.03. The zero-order chi connectivity index (χ0) is 18.6. The van der Waals surface area contributed by atoms with Crippen molar-refractivity contribution in [2.45, 2.75) is 45.6 Å². The van der Waals surface area contributed by atoms with Crippen molar-refractivity contribution in [1.29, 1.82) is 0 Å².